The molecule has 1 heterocycles. The maximum atomic E-state index is 13.8. The zero-order valence-corrected chi connectivity index (χ0v) is 18.9. The first-order valence-electron chi connectivity index (χ1n) is 11.4. The van der Waals surface area contributed by atoms with Crippen molar-refractivity contribution in [1.29, 1.82) is 0 Å². The van der Waals surface area contributed by atoms with E-state index >= 15 is 0 Å². The van der Waals surface area contributed by atoms with Crippen molar-refractivity contribution in [3.05, 3.63) is 148 Å². The standard InChI is InChI=1S/C30H23N3O2/c34-29(31-27(22-15-7-2-8-16-22)23-17-9-3-10-18-23)26-25(21-13-5-1-6-14-21)28(32-33-30(26)35)24-19-11-4-12-20-24/h1-20,27H,(H,31,34)(H,33,35). The van der Waals surface area contributed by atoms with Crippen molar-refractivity contribution in [3.63, 3.8) is 0 Å². The lowest BCUT2D eigenvalue weighted by Gasteiger charge is -2.21. The fourth-order valence-corrected chi connectivity index (χ4v) is 4.21. The van der Waals surface area contributed by atoms with Gasteiger partial charge in [-0.1, -0.05) is 121 Å². The Hall–Kier alpha value is -4.77. The Morgan fingerprint density at radius 3 is 1.63 bits per heavy atom. The molecule has 0 bridgehead atoms. The van der Waals surface area contributed by atoms with E-state index in [9.17, 15) is 9.59 Å². The van der Waals surface area contributed by atoms with E-state index in [-0.39, 0.29) is 5.56 Å². The largest absolute Gasteiger partial charge is 0.341 e. The van der Waals surface area contributed by atoms with Gasteiger partial charge in [0.2, 0.25) is 0 Å². The summed E-state index contributed by atoms with van der Waals surface area (Å²) in [6, 6.07) is 37.9. The number of aromatic nitrogens is 2. The Labute approximate surface area is 203 Å². The fourth-order valence-electron chi connectivity index (χ4n) is 4.21. The number of nitrogens with one attached hydrogen (secondary N) is 2. The fraction of sp³-hybridized carbons (Fsp3) is 0.0333. The molecule has 0 fully saturated rings. The predicted octanol–water partition coefficient (Wildman–Crippen LogP) is 5.62. The van der Waals surface area contributed by atoms with Gasteiger partial charge in [0.1, 0.15) is 5.56 Å². The number of carbonyl (C=O) groups is 1. The molecule has 5 rings (SSSR count). The van der Waals surface area contributed by atoms with Gasteiger partial charge >= 0.3 is 0 Å². The van der Waals surface area contributed by atoms with Crippen LogP contribution in [0.2, 0.25) is 0 Å². The predicted molar refractivity (Wildman–Crippen MR) is 138 cm³/mol. The number of nitrogens with zero attached hydrogens (tertiary/aromatic N) is 1. The first-order chi connectivity index (χ1) is 17.2. The maximum Gasteiger partial charge on any atom is 0.277 e. The normalized spacial score (nSPS) is 10.8. The van der Waals surface area contributed by atoms with Gasteiger partial charge in [0.25, 0.3) is 11.5 Å². The number of rotatable bonds is 6. The van der Waals surface area contributed by atoms with E-state index < -0.39 is 17.5 Å². The van der Waals surface area contributed by atoms with E-state index in [1.807, 2.05) is 121 Å². The maximum absolute atomic E-state index is 13.8. The van der Waals surface area contributed by atoms with Gasteiger partial charge in [-0.05, 0) is 16.7 Å². The molecule has 5 heteroatoms. The van der Waals surface area contributed by atoms with E-state index in [1.54, 1.807) is 0 Å². The smallest absolute Gasteiger partial charge is 0.277 e. The molecular formula is C30H23N3O2. The van der Waals surface area contributed by atoms with Crippen LogP contribution in [0, 0.1) is 0 Å². The summed E-state index contributed by atoms with van der Waals surface area (Å²) >= 11 is 0. The van der Waals surface area contributed by atoms with Gasteiger partial charge in [0, 0.05) is 11.1 Å². The minimum atomic E-state index is -0.541. The second-order valence-electron chi connectivity index (χ2n) is 8.11. The highest BCUT2D eigenvalue weighted by Crippen LogP contribution is 2.32. The molecule has 0 saturated carbocycles. The van der Waals surface area contributed by atoms with Gasteiger partial charge in [-0.25, -0.2) is 5.10 Å². The Balaban J connectivity index is 1.66. The van der Waals surface area contributed by atoms with Crippen molar-refractivity contribution in [1.82, 2.24) is 15.5 Å². The number of amides is 1. The topological polar surface area (TPSA) is 74.8 Å². The van der Waals surface area contributed by atoms with Crippen LogP contribution in [0.5, 0.6) is 0 Å². The Bertz CT molecular complexity index is 1440. The van der Waals surface area contributed by atoms with Crippen LogP contribution in [0.15, 0.2) is 126 Å². The highest BCUT2D eigenvalue weighted by atomic mass is 16.2. The molecule has 0 aliphatic rings. The van der Waals surface area contributed by atoms with Crippen LogP contribution < -0.4 is 10.9 Å². The van der Waals surface area contributed by atoms with E-state index in [1.165, 1.54) is 0 Å². The second kappa shape index (κ2) is 10.0. The van der Waals surface area contributed by atoms with Crippen LogP contribution >= 0.6 is 0 Å². The van der Waals surface area contributed by atoms with E-state index in [0.717, 1.165) is 22.3 Å². The summed E-state index contributed by atoms with van der Waals surface area (Å²) in [5, 5.41) is 10.00. The molecule has 5 nitrogen and oxygen atoms in total. The van der Waals surface area contributed by atoms with Gasteiger partial charge in [-0.3, -0.25) is 9.59 Å². The molecule has 0 aliphatic carbocycles. The van der Waals surface area contributed by atoms with Crippen molar-refractivity contribution >= 4 is 5.91 Å². The summed E-state index contributed by atoms with van der Waals surface area (Å²) in [4.78, 5) is 27.0. The number of hydrogen-bond donors (Lipinski definition) is 2. The molecule has 1 aromatic heterocycles. The van der Waals surface area contributed by atoms with Gasteiger partial charge in [-0.2, -0.15) is 5.10 Å². The highest BCUT2D eigenvalue weighted by molar-refractivity contribution is 6.04. The third-order valence-corrected chi connectivity index (χ3v) is 5.86. The summed E-state index contributed by atoms with van der Waals surface area (Å²) in [6.45, 7) is 0. The molecule has 5 aromatic rings. The molecule has 2 N–H and O–H groups in total. The summed E-state index contributed by atoms with van der Waals surface area (Å²) in [6.07, 6.45) is 0. The van der Waals surface area contributed by atoms with E-state index in [4.69, 9.17) is 0 Å². The minimum absolute atomic E-state index is 0.0296. The lowest BCUT2D eigenvalue weighted by Crippen LogP contribution is -2.34. The monoisotopic (exact) mass is 457 g/mol. The van der Waals surface area contributed by atoms with E-state index in [2.05, 4.69) is 15.5 Å². The first-order valence-corrected chi connectivity index (χ1v) is 11.4. The average molecular weight is 458 g/mol. The molecule has 0 radical (unpaired) electrons. The molecule has 0 aliphatic heterocycles. The summed E-state index contributed by atoms with van der Waals surface area (Å²) in [5.74, 6) is -0.470. The van der Waals surface area contributed by atoms with Gasteiger partial charge in [0.15, 0.2) is 0 Å². The molecule has 0 unspecified atom stereocenters. The molecule has 0 saturated heterocycles. The van der Waals surface area contributed by atoms with Crippen molar-refractivity contribution in [3.8, 4) is 22.4 Å². The van der Waals surface area contributed by atoms with Gasteiger partial charge in [-0.15, -0.1) is 0 Å². The van der Waals surface area contributed by atoms with Gasteiger partial charge in [0.05, 0.1) is 11.7 Å². The van der Waals surface area contributed by atoms with Crippen LogP contribution in [0.1, 0.15) is 27.5 Å². The van der Waals surface area contributed by atoms with Crippen LogP contribution in [-0.2, 0) is 0 Å². The highest BCUT2D eigenvalue weighted by Gasteiger charge is 2.25. The van der Waals surface area contributed by atoms with Crippen molar-refractivity contribution in [2.45, 2.75) is 6.04 Å². The lowest BCUT2D eigenvalue weighted by atomic mass is 9.94. The zero-order chi connectivity index (χ0) is 24.0. The molecule has 170 valence electrons. The Morgan fingerprint density at radius 1 is 0.657 bits per heavy atom. The molecule has 35 heavy (non-hydrogen) atoms. The minimum Gasteiger partial charge on any atom is -0.341 e. The van der Waals surface area contributed by atoms with Crippen LogP contribution in [-0.4, -0.2) is 16.1 Å². The van der Waals surface area contributed by atoms with Gasteiger partial charge < -0.3 is 5.32 Å². The molecule has 1 amide bonds. The lowest BCUT2D eigenvalue weighted by molar-refractivity contribution is 0.0942. The zero-order valence-electron chi connectivity index (χ0n) is 18.9. The Morgan fingerprint density at radius 2 is 1.11 bits per heavy atom. The third-order valence-electron chi connectivity index (χ3n) is 5.86. The number of H-pyrrole nitrogens is 1. The summed E-state index contributed by atoms with van der Waals surface area (Å²) in [5.41, 5.74) is 3.91. The third kappa shape index (κ3) is 4.66. The summed E-state index contributed by atoms with van der Waals surface area (Å²) < 4.78 is 0. The first kappa shape index (κ1) is 22.0. The number of hydrogen-bond acceptors (Lipinski definition) is 3. The van der Waals surface area contributed by atoms with Crippen LogP contribution in [0.3, 0.4) is 0 Å². The molecule has 0 spiro atoms. The Kier molecular flexibility index (Phi) is 6.31. The van der Waals surface area contributed by atoms with Crippen molar-refractivity contribution < 1.29 is 4.79 Å². The van der Waals surface area contributed by atoms with E-state index in [0.29, 0.717) is 11.3 Å². The number of aromatic amines is 1. The quantitative estimate of drug-likeness (QED) is 0.347. The summed E-state index contributed by atoms with van der Waals surface area (Å²) in [7, 11) is 0. The molecular weight excluding hydrogens is 434 g/mol. The van der Waals surface area contributed by atoms with Crippen LogP contribution in [0.4, 0.5) is 0 Å². The van der Waals surface area contributed by atoms with Crippen LogP contribution in [0.25, 0.3) is 22.4 Å². The number of benzene rings is 4. The number of carbonyl (C=O) groups excluding carboxylic acids is 1. The van der Waals surface area contributed by atoms with Crippen molar-refractivity contribution in [2.24, 2.45) is 0 Å². The van der Waals surface area contributed by atoms with Crippen molar-refractivity contribution in [2.75, 3.05) is 0 Å². The molecule has 4 aromatic carbocycles. The second-order valence-corrected chi connectivity index (χ2v) is 8.11. The SMILES string of the molecule is O=C(NC(c1ccccc1)c1ccccc1)c1c(-c2ccccc2)c(-c2ccccc2)n[nH]c1=O. The average Bonchev–Trinajstić information content (AvgIpc) is 2.93. The molecule has 0 atom stereocenters.